The number of benzene rings is 4. The Labute approximate surface area is 329 Å². The Hall–Kier alpha value is -3.28. The Bertz CT molecular complexity index is 1380. The molecule has 0 aromatic heterocycles. The summed E-state index contributed by atoms with van der Waals surface area (Å²) in [4.78, 5) is 9.43. The lowest BCUT2D eigenvalue weighted by Gasteiger charge is -2.31. The fraction of sp³-hybridized carbons (Fsp3) is 0.510. The van der Waals surface area contributed by atoms with Crippen LogP contribution < -0.4 is 0 Å². The standard InChI is InChI=1S/C21H30N2.C19H23N.C3H9N.3C2H6/c1-5-19-12-9-13-21(14-19)17-23(18(2)15-22(3)4)16-20-10-7-6-8-11-20;1-2-16-7-6-8-17(13-16)14-20-12-11-19(15-20)18-9-4-3-5-10-18;1-4(2)3;3*1-2/h6-14,18H,5,15-17H2,1-4H3;3-10,13,19H,2,11-12,14-15H2,1H3;1-3H3;3*1-2H3/t;19-;;;;/m.0..../s1. The second-order valence-corrected chi connectivity index (χ2v) is 13.8. The summed E-state index contributed by atoms with van der Waals surface area (Å²) in [7, 11) is 10.3. The van der Waals surface area contributed by atoms with Crippen LogP contribution in [0.3, 0.4) is 0 Å². The lowest BCUT2D eigenvalue weighted by molar-refractivity contribution is 0.158. The number of hydrogen-bond donors (Lipinski definition) is 0. The highest BCUT2D eigenvalue weighted by Crippen LogP contribution is 2.28. The molecule has 1 aliphatic heterocycles. The minimum absolute atomic E-state index is 0.510. The van der Waals surface area contributed by atoms with Gasteiger partial charge in [-0.25, -0.2) is 0 Å². The topological polar surface area (TPSA) is 13.0 Å². The van der Waals surface area contributed by atoms with E-state index in [0.29, 0.717) is 12.0 Å². The highest BCUT2D eigenvalue weighted by atomic mass is 15.2. The van der Waals surface area contributed by atoms with E-state index >= 15 is 0 Å². The molecule has 1 aliphatic rings. The van der Waals surface area contributed by atoms with Crippen LogP contribution >= 0.6 is 0 Å². The lowest BCUT2D eigenvalue weighted by atomic mass is 9.99. The summed E-state index contributed by atoms with van der Waals surface area (Å²) in [6, 6.07) is 40.3. The monoisotopic (exact) mass is 725 g/mol. The quantitative estimate of drug-likeness (QED) is 0.144. The van der Waals surface area contributed by atoms with Gasteiger partial charge in [0, 0.05) is 38.8 Å². The number of aryl methyl sites for hydroxylation is 2. The Kier molecular flexibility index (Phi) is 29.2. The molecule has 2 atom stereocenters. The van der Waals surface area contributed by atoms with Crippen LogP contribution in [0, 0.1) is 0 Å². The number of hydrogen-bond acceptors (Lipinski definition) is 4. The summed E-state index contributed by atoms with van der Waals surface area (Å²) in [5.74, 6) is 0.713. The third-order valence-corrected chi connectivity index (χ3v) is 8.62. The van der Waals surface area contributed by atoms with E-state index in [1.807, 2.05) is 67.6 Å². The SMILES string of the molecule is CC.CC.CC.CCc1cccc(CN(Cc2ccccc2)C(C)CN(C)C)c1.CCc1cccc(CN2CC[C@H](c3ccccc3)C2)c1.CN(C)C. The number of rotatable bonds is 12. The van der Waals surface area contributed by atoms with E-state index in [1.165, 1.54) is 52.9 Å². The summed E-state index contributed by atoms with van der Waals surface area (Å²) >= 11 is 0. The minimum Gasteiger partial charge on any atom is -0.312 e. The second-order valence-electron chi connectivity index (χ2n) is 13.8. The first-order valence-electron chi connectivity index (χ1n) is 20.6. The molecular formula is C49H80N4. The summed E-state index contributed by atoms with van der Waals surface area (Å²) in [6.45, 7) is 25.3. The zero-order valence-electron chi connectivity index (χ0n) is 36.7. The molecular weight excluding hydrogens is 645 g/mol. The molecule has 4 aromatic rings. The highest BCUT2D eigenvalue weighted by Gasteiger charge is 2.23. The van der Waals surface area contributed by atoms with Gasteiger partial charge in [-0.3, -0.25) is 9.80 Å². The van der Waals surface area contributed by atoms with Gasteiger partial charge in [-0.15, -0.1) is 0 Å². The molecule has 0 spiro atoms. The van der Waals surface area contributed by atoms with Gasteiger partial charge in [0.05, 0.1) is 0 Å². The van der Waals surface area contributed by atoms with E-state index in [2.05, 4.69) is 159 Å². The maximum absolute atomic E-state index is 2.59. The average Bonchev–Trinajstić information content (AvgIpc) is 3.66. The minimum atomic E-state index is 0.510. The number of likely N-dealkylation sites (tertiary alicyclic amines) is 1. The van der Waals surface area contributed by atoms with Gasteiger partial charge in [0.25, 0.3) is 0 Å². The van der Waals surface area contributed by atoms with Gasteiger partial charge in [-0.05, 0) is 107 Å². The summed E-state index contributed by atoms with van der Waals surface area (Å²) in [5, 5.41) is 0. The van der Waals surface area contributed by atoms with E-state index in [0.717, 1.165) is 39.0 Å². The number of nitrogens with zero attached hydrogens (tertiary/aromatic N) is 4. The van der Waals surface area contributed by atoms with Crippen molar-refractivity contribution < 1.29 is 0 Å². The van der Waals surface area contributed by atoms with E-state index in [9.17, 15) is 0 Å². The molecule has 0 N–H and O–H groups in total. The van der Waals surface area contributed by atoms with Crippen molar-refractivity contribution in [1.29, 1.82) is 0 Å². The molecule has 0 bridgehead atoms. The van der Waals surface area contributed by atoms with Crippen LogP contribution in [0.15, 0.2) is 109 Å². The molecule has 1 fully saturated rings. The average molecular weight is 725 g/mol. The fourth-order valence-electron chi connectivity index (χ4n) is 6.19. The van der Waals surface area contributed by atoms with Gasteiger partial charge in [-0.1, -0.05) is 165 Å². The van der Waals surface area contributed by atoms with E-state index in [4.69, 9.17) is 0 Å². The van der Waals surface area contributed by atoms with Gasteiger partial charge in [-0.2, -0.15) is 0 Å². The molecule has 296 valence electrons. The summed E-state index contributed by atoms with van der Waals surface area (Å²) in [5.41, 5.74) is 8.61. The van der Waals surface area contributed by atoms with Crippen LogP contribution in [-0.4, -0.2) is 80.5 Å². The van der Waals surface area contributed by atoms with Crippen LogP contribution in [0.25, 0.3) is 0 Å². The van der Waals surface area contributed by atoms with Gasteiger partial charge in [0.1, 0.15) is 0 Å². The van der Waals surface area contributed by atoms with Crippen LogP contribution in [0.4, 0.5) is 0 Å². The van der Waals surface area contributed by atoms with Crippen LogP contribution in [0.5, 0.6) is 0 Å². The predicted molar refractivity (Wildman–Crippen MR) is 238 cm³/mol. The summed E-state index contributed by atoms with van der Waals surface area (Å²) in [6.07, 6.45) is 3.51. The Morgan fingerprint density at radius 2 is 1.02 bits per heavy atom. The van der Waals surface area contributed by atoms with Gasteiger partial charge in [0.2, 0.25) is 0 Å². The van der Waals surface area contributed by atoms with Gasteiger partial charge >= 0.3 is 0 Å². The molecule has 1 saturated heterocycles. The van der Waals surface area contributed by atoms with Crippen LogP contribution in [0.1, 0.15) is 108 Å². The molecule has 1 heterocycles. The largest absolute Gasteiger partial charge is 0.312 e. The van der Waals surface area contributed by atoms with Crippen molar-refractivity contribution in [2.24, 2.45) is 0 Å². The van der Waals surface area contributed by atoms with Gasteiger partial charge < -0.3 is 9.80 Å². The van der Waals surface area contributed by atoms with Crippen LogP contribution in [-0.2, 0) is 32.5 Å². The molecule has 4 nitrogen and oxygen atoms in total. The summed E-state index contributed by atoms with van der Waals surface area (Å²) < 4.78 is 0. The van der Waals surface area contributed by atoms with Crippen LogP contribution in [0.2, 0.25) is 0 Å². The van der Waals surface area contributed by atoms with Crippen molar-refractivity contribution >= 4 is 0 Å². The van der Waals surface area contributed by atoms with Crippen molar-refractivity contribution in [2.75, 3.05) is 54.9 Å². The van der Waals surface area contributed by atoms with Crippen molar-refractivity contribution in [3.05, 3.63) is 143 Å². The smallest absolute Gasteiger partial charge is 0.0240 e. The molecule has 53 heavy (non-hydrogen) atoms. The third-order valence-electron chi connectivity index (χ3n) is 8.62. The molecule has 0 amide bonds. The normalized spacial score (nSPS) is 13.9. The molecule has 4 aromatic carbocycles. The number of likely N-dealkylation sites (N-methyl/N-ethyl adjacent to an activating group) is 1. The molecule has 1 unspecified atom stereocenters. The molecule has 0 saturated carbocycles. The molecule has 0 aliphatic carbocycles. The first-order chi connectivity index (χ1) is 25.7. The maximum Gasteiger partial charge on any atom is 0.0240 e. The molecule has 0 radical (unpaired) electrons. The maximum atomic E-state index is 2.59. The Morgan fingerprint density at radius 3 is 1.53 bits per heavy atom. The Morgan fingerprint density at radius 1 is 0.585 bits per heavy atom. The second kappa shape index (κ2) is 31.1. The van der Waals surface area contributed by atoms with Gasteiger partial charge in [0.15, 0.2) is 0 Å². The first-order valence-corrected chi connectivity index (χ1v) is 20.6. The van der Waals surface area contributed by atoms with Crippen molar-refractivity contribution in [2.45, 2.75) is 113 Å². The third kappa shape index (κ3) is 21.9. The predicted octanol–water partition coefficient (Wildman–Crippen LogP) is 11.7. The van der Waals surface area contributed by atoms with E-state index in [1.54, 1.807) is 0 Å². The van der Waals surface area contributed by atoms with E-state index < -0.39 is 0 Å². The zero-order valence-corrected chi connectivity index (χ0v) is 36.7. The molecule has 4 heteroatoms. The van der Waals surface area contributed by atoms with Crippen molar-refractivity contribution in [3.8, 4) is 0 Å². The fourth-order valence-corrected chi connectivity index (χ4v) is 6.19. The van der Waals surface area contributed by atoms with Crippen molar-refractivity contribution in [3.63, 3.8) is 0 Å². The highest BCUT2D eigenvalue weighted by molar-refractivity contribution is 5.26. The lowest BCUT2D eigenvalue weighted by Crippen LogP contribution is -2.39. The van der Waals surface area contributed by atoms with E-state index in [-0.39, 0.29) is 0 Å². The Balaban J connectivity index is 0.000000825. The first kappa shape index (κ1) is 49.7. The molecule has 5 rings (SSSR count). The van der Waals surface area contributed by atoms with Crippen molar-refractivity contribution in [1.82, 2.24) is 19.6 Å². The zero-order chi connectivity index (χ0) is 40.0.